The third-order valence-corrected chi connectivity index (χ3v) is 3.72. The summed E-state index contributed by atoms with van der Waals surface area (Å²) in [4.78, 5) is 2.41. The predicted octanol–water partition coefficient (Wildman–Crippen LogP) is 2.79. The van der Waals surface area contributed by atoms with Crippen molar-refractivity contribution in [2.24, 2.45) is 0 Å². The molecule has 0 aromatic heterocycles. The second-order valence-electron chi connectivity index (χ2n) is 4.09. The van der Waals surface area contributed by atoms with Crippen LogP contribution in [0.25, 0.3) is 0 Å². The molecule has 0 bridgehead atoms. The molecule has 0 amide bonds. The molecule has 0 atom stereocenters. The smallest absolute Gasteiger partial charge is 0.0637 e. The Kier molecular flexibility index (Phi) is 4.47. The van der Waals surface area contributed by atoms with Crippen LogP contribution in [0.3, 0.4) is 0 Å². The molecule has 0 aliphatic carbocycles. The molecule has 0 unspecified atom stereocenters. The number of benzene rings is 1. The Balaban J connectivity index is 2.04. The van der Waals surface area contributed by atoms with Crippen molar-refractivity contribution in [2.45, 2.75) is 13.0 Å². The van der Waals surface area contributed by atoms with E-state index in [-0.39, 0.29) is 0 Å². The van der Waals surface area contributed by atoms with Gasteiger partial charge >= 0.3 is 0 Å². The summed E-state index contributed by atoms with van der Waals surface area (Å²) in [5.41, 5.74) is 1.12. The molecule has 2 rings (SSSR count). The summed E-state index contributed by atoms with van der Waals surface area (Å²) >= 11 is 12.2. The average Bonchev–Trinajstić information content (AvgIpc) is 2.53. The maximum absolute atomic E-state index is 6.18. The van der Waals surface area contributed by atoms with E-state index < -0.39 is 0 Å². The third-order valence-electron chi connectivity index (χ3n) is 2.86. The summed E-state index contributed by atoms with van der Waals surface area (Å²) in [5.74, 6) is 0. The number of halogens is 2. The summed E-state index contributed by atoms with van der Waals surface area (Å²) in [5, 5.41) is 4.73. The molecule has 4 heteroatoms. The van der Waals surface area contributed by atoms with Crippen molar-refractivity contribution in [2.75, 3.05) is 26.2 Å². The Hall–Kier alpha value is -0.280. The van der Waals surface area contributed by atoms with E-state index in [0.29, 0.717) is 10.0 Å². The van der Waals surface area contributed by atoms with Gasteiger partial charge in [-0.15, -0.1) is 0 Å². The van der Waals surface area contributed by atoms with E-state index in [1.165, 1.54) is 6.42 Å². The van der Waals surface area contributed by atoms with Crippen LogP contribution >= 0.6 is 23.2 Å². The van der Waals surface area contributed by atoms with Crippen molar-refractivity contribution in [1.82, 2.24) is 10.2 Å². The van der Waals surface area contributed by atoms with Crippen LogP contribution in [-0.2, 0) is 6.54 Å². The average molecular weight is 259 g/mol. The van der Waals surface area contributed by atoms with E-state index in [2.05, 4.69) is 10.2 Å². The maximum atomic E-state index is 6.18. The highest BCUT2D eigenvalue weighted by Crippen LogP contribution is 2.26. The van der Waals surface area contributed by atoms with Crippen molar-refractivity contribution in [3.8, 4) is 0 Å². The molecule has 0 spiro atoms. The molecule has 1 fully saturated rings. The lowest BCUT2D eigenvalue weighted by atomic mass is 10.2. The minimum Gasteiger partial charge on any atom is -0.315 e. The molecule has 1 heterocycles. The summed E-state index contributed by atoms with van der Waals surface area (Å²) in [6, 6.07) is 5.84. The Morgan fingerprint density at radius 3 is 2.94 bits per heavy atom. The van der Waals surface area contributed by atoms with Gasteiger partial charge in [-0.3, -0.25) is 4.90 Å². The largest absolute Gasteiger partial charge is 0.315 e. The summed E-state index contributed by atoms with van der Waals surface area (Å²) in [6.07, 6.45) is 1.19. The van der Waals surface area contributed by atoms with Crippen LogP contribution in [0.4, 0.5) is 0 Å². The van der Waals surface area contributed by atoms with Gasteiger partial charge in [-0.1, -0.05) is 35.3 Å². The van der Waals surface area contributed by atoms with E-state index >= 15 is 0 Å². The zero-order valence-electron chi connectivity index (χ0n) is 9.18. The van der Waals surface area contributed by atoms with Gasteiger partial charge in [0.2, 0.25) is 0 Å². The fourth-order valence-corrected chi connectivity index (χ4v) is 2.35. The van der Waals surface area contributed by atoms with E-state index in [1.807, 2.05) is 18.2 Å². The standard InChI is InChI=1S/C12H16Cl2N2/c13-11-4-1-3-10(12(11)14)9-16-7-2-5-15-6-8-16/h1,3-4,15H,2,5-9H2. The van der Waals surface area contributed by atoms with Crippen molar-refractivity contribution in [1.29, 1.82) is 0 Å². The molecule has 1 saturated heterocycles. The Bertz CT molecular complexity index is 347. The Labute approximate surface area is 107 Å². The predicted molar refractivity (Wildman–Crippen MR) is 69.2 cm³/mol. The van der Waals surface area contributed by atoms with E-state index in [9.17, 15) is 0 Å². The first-order chi connectivity index (χ1) is 7.77. The molecule has 1 aliphatic heterocycles. The fourth-order valence-electron chi connectivity index (χ4n) is 1.97. The number of hydrogen-bond acceptors (Lipinski definition) is 2. The van der Waals surface area contributed by atoms with Gasteiger partial charge in [0.1, 0.15) is 0 Å². The molecule has 0 saturated carbocycles. The van der Waals surface area contributed by atoms with Crippen LogP contribution in [-0.4, -0.2) is 31.1 Å². The quantitative estimate of drug-likeness (QED) is 0.878. The SMILES string of the molecule is Clc1cccc(CN2CCCNCC2)c1Cl. The number of nitrogens with zero attached hydrogens (tertiary/aromatic N) is 1. The van der Waals surface area contributed by atoms with Gasteiger partial charge in [0.25, 0.3) is 0 Å². The lowest BCUT2D eigenvalue weighted by Gasteiger charge is -2.20. The van der Waals surface area contributed by atoms with Crippen LogP contribution in [0.2, 0.25) is 10.0 Å². The van der Waals surface area contributed by atoms with Crippen LogP contribution in [0.15, 0.2) is 18.2 Å². The van der Waals surface area contributed by atoms with Crippen LogP contribution in [0, 0.1) is 0 Å². The van der Waals surface area contributed by atoms with E-state index in [0.717, 1.165) is 38.3 Å². The number of nitrogens with one attached hydrogen (secondary N) is 1. The highest BCUT2D eigenvalue weighted by atomic mass is 35.5. The van der Waals surface area contributed by atoms with Gasteiger partial charge in [-0.05, 0) is 31.1 Å². The summed E-state index contributed by atoms with van der Waals surface area (Å²) in [6.45, 7) is 5.25. The van der Waals surface area contributed by atoms with Gasteiger partial charge in [-0.25, -0.2) is 0 Å². The lowest BCUT2D eigenvalue weighted by molar-refractivity contribution is 0.284. The highest BCUT2D eigenvalue weighted by Gasteiger charge is 2.11. The minimum absolute atomic E-state index is 0.645. The number of rotatable bonds is 2. The minimum atomic E-state index is 0.645. The van der Waals surface area contributed by atoms with Crippen LogP contribution < -0.4 is 5.32 Å². The van der Waals surface area contributed by atoms with Crippen LogP contribution in [0.1, 0.15) is 12.0 Å². The first-order valence-corrected chi connectivity index (χ1v) is 6.39. The zero-order chi connectivity index (χ0) is 11.4. The normalized spacial score (nSPS) is 18.4. The van der Waals surface area contributed by atoms with Crippen molar-refractivity contribution >= 4 is 23.2 Å². The summed E-state index contributed by atoms with van der Waals surface area (Å²) in [7, 11) is 0. The molecule has 2 nitrogen and oxygen atoms in total. The molecular formula is C12H16Cl2N2. The van der Waals surface area contributed by atoms with Gasteiger partial charge in [0.15, 0.2) is 0 Å². The van der Waals surface area contributed by atoms with Gasteiger partial charge in [0.05, 0.1) is 10.0 Å². The molecule has 0 radical (unpaired) electrons. The first-order valence-electron chi connectivity index (χ1n) is 5.63. The van der Waals surface area contributed by atoms with Crippen LogP contribution in [0.5, 0.6) is 0 Å². The summed E-state index contributed by atoms with van der Waals surface area (Å²) < 4.78 is 0. The Morgan fingerprint density at radius 2 is 2.06 bits per heavy atom. The second kappa shape index (κ2) is 5.87. The molecule has 1 aromatic rings. The molecule has 16 heavy (non-hydrogen) atoms. The van der Waals surface area contributed by atoms with Crippen molar-refractivity contribution in [3.63, 3.8) is 0 Å². The van der Waals surface area contributed by atoms with Gasteiger partial charge < -0.3 is 5.32 Å². The maximum Gasteiger partial charge on any atom is 0.0637 e. The molecule has 88 valence electrons. The van der Waals surface area contributed by atoms with Crippen molar-refractivity contribution in [3.05, 3.63) is 33.8 Å². The van der Waals surface area contributed by atoms with E-state index in [4.69, 9.17) is 23.2 Å². The molecular weight excluding hydrogens is 243 g/mol. The highest BCUT2D eigenvalue weighted by molar-refractivity contribution is 6.42. The van der Waals surface area contributed by atoms with Crippen molar-refractivity contribution < 1.29 is 0 Å². The molecule has 1 aliphatic rings. The lowest BCUT2D eigenvalue weighted by Crippen LogP contribution is -2.27. The van der Waals surface area contributed by atoms with Gasteiger partial charge in [0, 0.05) is 19.6 Å². The molecule has 1 N–H and O–H groups in total. The number of hydrogen-bond donors (Lipinski definition) is 1. The Morgan fingerprint density at radius 1 is 1.19 bits per heavy atom. The second-order valence-corrected chi connectivity index (χ2v) is 4.88. The zero-order valence-corrected chi connectivity index (χ0v) is 10.7. The fraction of sp³-hybridized carbons (Fsp3) is 0.500. The monoisotopic (exact) mass is 258 g/mol. The molecule has 1 aromatic carbocycles. The van der Waals surface area contributed by atoms with E-state index in [1.54, 1.807) is 0 Å². The first kappa shape index (κ1) is 12.2. The topological polar surface area (TPSA) is 15.3 Å². The third kappa shape index (κ3) is 3.11. The van der Waals surface area contributed by atoms with Gasteiger partial charge in [-0.2, -0.15) is 0 Å².